The Morgan fingerprint density at radius 1 is 1.09 bits per heavy atom. The van der Waals surface area contributed by atoms with Crippen LogP contribution < -0.4 is 17.8 Å². The van der Waals surface area contributed by atoms with Gasteiger partial charge in [0.15, 0.2) is 0 Å². The second-order valence-electron chi connectivity index (χ2n) is 2.51. The van der Waals surface area contributed by atoms with Crippen molar-refractivity contribution in [1.29, 1.82) is 0 Å². The normalized spacial score (nSPS) is 8.73. The van der Waals surface area contributed by atoms with Gasteiger partial charge in [0.2, 0.25) is 0 Å². The van der Waals surface area contributed by atoms with Crippen LogP contribution in [0.1, 0.15) is 13.8 Å². The molecule has 11 heavy (non-hydrogen) atoms. The van der Waals surface area contributed by atoms with Gasteiger partial charge in [-0.3, -0.25) is 4.59 Å². The predicted octanol–water partition coefficient (Wildman–Crippen LogP) is -1.55. The minimum absolute atomic E-state index is 0. The number of quaternary nitrogens is 1. The first kappa shape index (κ1) is 22.6. The Bertz CT molecular complexity index is 68.8. The van der Waals surface area contributed by atoms with Crippen molar-refractivity contribution in [2.24, 2.45) is 0 Å². The zero-order valence-corrected chi connectivity index (χ0v) is 9.94. The van der Waals surface area contributed by atoms with Gasteiger partial charge >= 0.3 is 0 Å². The molecule has 1 N–H and O–H groups in total. The molecular formula is C6H19Cl3N2. The van der Waals surface area contributed by atoms with Crippen molar-refractivity contribution in [3.8, 4) is 0 Å². The first-order valence-corrected chi connectivity index (χ1v) is 3.20. The molecule has 5 heteroatoms. The minimum atomic E-state index is 0. The van der Waals surface area contributed by atoms with Crippen molar-refractivity contribution in [3.63, 3.8) is 0 Å². The number of halogens is 3. The predicted molar refractivity (Wildman–Crippen MR) is 50.8 cm³/mol. The van der Waals surface area contributed by atoms with Crippen LogP contribution in [0.25, 0.3) is 0 Å². The molecule has 0 aliphatic rings. The maximum absolute atomic E-state index is 3.31. The maximum Gasteiger partial charge on any atom is 0.0929 e. The van der Waals surface area contributed by atoms with Crippen molar-refractivity contribution < 1.29 is 17.0 Å². The SMILES string of the molecule is CCN[N+](C)(C)CC.Cl.Cl.[Cl-]. The molecule has 0 saturated heterocycles. The van der Waals surface area contributed by atoms with Gasteiger partial charge in [0.1, 0.15) is 0 Å². The van der Waals surface area contributed by atoms with Crippen molar-refractivity contribution in [2.75, 3.05) is 27.2 Å². The summed E-state index contributed by atoms with van der Waals surface area (Å²) in [5.74, 6) is 0. The molecule has 0 rings (SSSR count). The third-order valence-corrected chi connectivity index (χ3v) is 1.38. The summed E-state index contributed by atoms with van der Waals surface area (Å²) in [5, 5.41) is 0. The van der Waals surface area contributed by atoms with Gasteiger partial charge in [0.05, 0.1) is 20.6 Å². The molecule has 0 unspecified atom stereocenters. The van der Waals surface area contributed by atoms with E-state index in [1.165, 1.54) is 0 Å². The van der Waals surface area contributed by atoms with Crippen LogP contribution >= 0.6 is 24.8 Å². The van der Waals surface area contributed by atoms with Crippen LogP contribution in [0, 0.1) is 0 Å². The molecule has 0 fully saturated rings. The number of nitrogens with zero attached hydrogens (tertiary/aromatic N) is 1. The molecule has 0 amide bonds. The highest BCUT2D eigenvalue weighted by Gasteiger charge is 2.07. The van der Waals surface area contributed by atoms with Gasteiger partial charge in [-0.15, -0.1) is 24.8 Å². The number of hydrogen-bond acceptors (Lipinski definition) is 1. The lowest BCUT2D eigenvalue weighted by Crippen LogP contribution is -3.00. The lowest BCUT2D eigenvalue weighted by Gasteiger charge is -2.26. The molecule has 74 valence electrons. The molecule has 0 atom stereocenters. The van der Waals surface area contributed by atoms with Gasteiger partial charge in [0.25, 0.3) is 0 Å². The molecule has 0 aromatic carbocycles. The minimum Gasteiger partial charge on any atom is -1.00 e. The third-order valence-electron chi connectivity index (χ3n) is 1.38. The summed E-state index contributed by atoms with van der Waals surface area (Å²) in [4.78, 5) is 0. The maximum atomic E-state index is 3.31. The Kier molecular flexibility index (Phi) is 22.2. The summed E-state index contributed by atoms with van der Waals surface area (Å²) in [7, 11) is 4.31. The number of hydrogen-bond donors (Lipinski definition) is 1. The highest BCUT2D eigenvalue weighted by atomic mass is 35.5. The summed E-state index contributed by atoms with van der Waals surface area (Å²) in [6.45, 7) is 6.47. The molecule has 2 nitrogen and oxygen atoms in total. The van der Waals surface area contributed by atoms with Gasteiger partial charge in [0, 0.05) is 6.54 Å². The Morgan fingerprint density at radius 3 is 1.55 bits per heavy atom. The standard InChI is InChI=1S/C6H17N2.3ClH/c1-5-7-8(3,4)6-2;;;/h7H,5-6H2,1-4H3;3*1H/q+1;;;/p-1. The highest BCUT2D eigenvalue weighted by Crippen LogP contribution is 1.85. The molecule has 0 aliphatic heterocycles. The second kappa shape index (κ2) is 10.8. The summed E-state index contributed by atoms with van der Waals surface area (Å²) >= 11 is 0. The van der Waals surface area contributed by atoms with Crippen molar-refractivity contribution in [2.45, 2.75) is 13.8 Å². The second-order valence-corrected chi connectivity index (χ2v) is 2.51. The molecule has 0 aromatic heterocycles. The quantitative estimate of drug-likeness (QED) is 0.453. The van der Waals surface area contributed by atoms with E-state index in [0.29, 0.717) is 0 Å². The Labute approximate surface area is 88.5 Å². The Morgan fingerprint density at radius 2 is 1.45 bits per heavy atom. The lowest BCUT2D eigenvalue weighted by atomic mass is 10.6. The first-order valence-electron chi connectivity index (χ1n) is 3.20. The van der Waals surface area contributed by atoms with Gasteiger partial charge < -0.3 is 12.4 Å². The van der Waals surface area contributed by atoms with E-state index in [2.05, 4.69) is 33.4 Å². The smallest absolute Gasteiger partial charge is 0.0929 e. The van der Waals surface area contributed by atoms with E-state index < -0.39 is 0 Å². The summed E-state index contributed by atoms with van der Waals surface area (Å²) < 4.78 is 0.913. The zero-order chi connectivity index (χ0) is 6.62. The Balaban J connectivity index is -0.0000000817. The van der Waals surface area contributed by atoms with Crippen molar-refractivity contribution in [1.82, 2.24) is 5.43 Å². The largest absolute Gasteiger partial charge is 1.00 e. The molecule has 0 radical (unpaired) electrons. The average Bonchev–Trinajstić information content (AvgIpc) is 1.67. The van der Waals surface area contributed by atoms with E-state index >= 15 is 0 Å². The summed E-state index contributed by atoms with van der Waals surface area (Å²) in [5.41, 5.74) is 3.31. The lowest BCUT2D eigenvalue weighted by molar-refractivity contribution is -0.932. The van der Waals surface area contributed by atoms with Crippen LogP contribution in [-0.4, -0.2) is 31.8 Å². The fourth-order valence-corrected chi connectivity index (χ4v) is 0.540. The molecule has 0 heterocycles. The van der Waals surface area contributed by atoms with E-state index in [1.807, 2.05) is 0 Å². The van der Waals surface area contributed by atoms with Crippen molar-refractivity contribution >= 4 is 24.8 Å². The van der Waals surface area contributed by atoms with E-state index in [4.69, 9.17) is 0 Å². The molecule has 0 aromatic rings. The topological polar surface area (TPSA) is 12.0 Å². The molecule has 0 bridgehead atoms. The van der Waals surface area contributed by atoms with Gasteiger partial charge in [-0.1, -0.05) is 0 Å². The van der Waals surface area contributed by atoms with Crippen LogP contribution in [0.3, 0.4) is 0 Å². The molecule has 0 aliphatic carbocycles. The van der Waals surface area contributed by atoms with Gasteiger partial charge in [-0.05, 0) is 13.8 Å². The highest BCUT2D eigenvalue weighted by molar-refractivity contribution is 5.85. The molecule has 0 saturated carbocycles. The molecule has 0 spiro atoms. The zero-order valence-electron chi connectivity index (χ0n) is 7.56. The van der Waals surface area contributed by atoms with E-state index in [0.717, 1.165) is 17.7 Å². The molecular weight excluding hydrogens is 206 g/mol. The fraction of sp³-hybridized carbons (Fsp3) is 1.00. The van der Waals surface area contributed by atoms with Crippen LogP contribution in [-0.2, 0) is 0 Å². The van der Waals surface area contributed by atoms with Crippen molar-refractivity contribution in [3.05, 3.63) is 0 Å². The monoisotopic (exact) mass is 224 g/mol. The van der Waals surface area contributed by atoms with E-state index in [-0.39, 0.29) is 37.2 Å². The number of nitrogens with one attached hydrogen (secondary N) is 1. The Hall–Kier alpha value is 0.790. The first-order chi connectivity index (χ1) is 3.62. The van der Waals surface area contributed by atoms with Crippen LogP contribution in [0.2, 0.25) is 0 Å². The van der Waals surface area contributed by atoms with Crippen LogP contribution in [0.5, 0.6) is 0 Å². The summed E-state index contributed by atoms with van der Waals surface area (Å²) in [6.07, 6.45) is 0. The van der Waals surface area contributed by atoms with E-state index in [9.17, 15) is 0 Å². The summed E-state index contributed by atoms with van der Waals surface area (Å²) in [6, 6.07) is 0. The van der Waals surface area contributed by atoms with E-state index in [1.54, 1.807) is 0 Å². The van der Waals surface area contributed by atoms with Crippen LogP contribution in [0.4, 0.5) is 0 Å². The average molecular weight is 226 g/mol. The van der Waals surface area contributed by atoms with Gasteiger partial charge in [-0.2, -0.15) is 5.43 Å². The fourth-order valence-electron chi connectivity index (χ4n) is 0.540. The van der Waals surface area contributed by atoms with Crippen LogP contribution in [0.15, 0.2) is 0 Å². The number of rotatable bonds is 3. The van der Waals surface area contributed by atoms with Gasteiger partial charge in [-0.25, -0.2) is 0 Å². The third kappa shape index (κ3) is 13.7.